The summed E-state index contributed by atoms with van der Waals surface area (Å²) < 4.78 is 34.0. The smallest absolute Gasteiger partial charge is 0.264 e. The van der Waals surface area contributed by atoms with Crippen molar-refractivity contribution < 1.29 is 22.7 Å². The molecule has 9 heteroatoms. The lowest BCUT2D eigenvalue weighted by Crippen LogP contribution is -2.51. The molecule has 0 heterocycles. The Kier molecular flexibility index (Phi) is 10.5. The third-order valence-electron chi connectivity index (χ3n) is 6.42. The summed E-state index contributed by atoms with van der Waals surface area (Å²) in [6, 6.07) is 21.4. The van der Waals surface area contributed by atoms with Crippen LogP contribution < -0.4 is 14.4 Å². The number of methoxy groups -OCH3 is 1. The molecule has 0 aromatic heterocycles. The number of rotatable bonds is 13. The molecule has 0 aliphatic heterocycles. The molecule has 2 amide bonds. The Bertz CT molecular complexity index is 1340. The van der Waals surface area contributed by atoms with Gasteiger partial charge in [-0.3, -0.25) is 13.9 Å². The fraction of sp³-hybridized carbons (Fsp3) is 0.333. The average molecular weight is 552 g/mol. The molecule has 0 saturated heterocycles. The zero-order valence-electron chi connectivity index (χ0n) is 23.0. The molecule has 3 aromatic rings. The highest BCUT2D eigenvalue weighted by molar-refractivity contribution is 7.92. The van der Waals surface area contributed by atoms with Gasteiger partial charge in [-0.1, -0.05) is 61.4 Å². The van der Waals surface area contributed by atoms with Gasteiger partial charge in [0.05, 0.1) is 17.7 Å². The Balaban J connectivity index is 1.98. The number of ether oxygens (including phenoxy) is 1. The number of nitrogens with one attached hydrogen (secondary N) is 1. The summed E-state index contributed by atoms with van der Waals surface area (Å²) in [4.78, 5) is 28.4. The number of carbonyl (C=O) groups is 2. The first kappa shape index (κ1) is 29.7. The summed E-state index contributed by atoms with van der Waals surface area (Å²) in [6.45, 7) is 5.68. The van der Waals surface area contributed by atoms with Crippen LogP contribution in [0.4, 0.5) is 5.69 Å². The van der Waals surface area contributed by atoms with Crippen LogP contribution in [0.1, 0.15) is 37.8 Å². The molecule has 1 atom stereocenters. The summed E-state index contributed by atoms with van der Waals surface area (Å²) >= 11 is 0. The van der Waals surface area contributed by atoms with Crippen molar-refractivity contribution in [3.05, 3.63) is 90.0 Å². The first-order chi connectivity index (χ1) is 18.7. The van der Waals surface area contributed by atoms with Gasteiger partial charge in [-0.15, -0.1) is 0 Å². The van der Waals surface area contributed by atoms with Gasteiger partial charge in [-0.25, -0.2) is 8.42 Å². The molecule has 0 fully saturated rings. The number of nitrogens with zero attached hydrogens (tertiary/aromatic N) is 2. The van der Waals surface area contributed by atoms with Crippen LogP contribution in [0.15, 0.2) is 83.8 Å². The lowest BCUT2D eigenvalue weighted by atomic mass is 10.1. The molecule has 8 nitrogen and oxygen atoms in total. The number of aryl methyl sites for hydroxylation is 1. The third kappa shape index (κ3) is 7.83. The van der Waals surface area contributed by atoms with Crippen molar-refractivity contribution >= 4 is 27.5 Å². The summed E-state index contributed by atoms with van der Waals surface area (Å²) in [6.07, 6.45) is 1.74. The van der Waals surface area contributed by atoms with E-state index in [1.165, 1.54) is 17.0 Å². The van der Waals surface area contributed by atoms with E-state index in [1.54, 1.807) is 74.7 Å². The van der Waals surface area contributed by atoms with Crippen molar-refractivity contribution in [3.63, 3.8) is 0 Å². The van der Waals surface area contributed by atoms with E-state index in [0.717, 1.165) is 28.3 Å². The molecule has 3 aromatic carbocycles. The van der Waals surface area contributed by atoms with Crippen molar-refractivity contribution in [2.45, 2.75) is 51.1 Å². The number of benzene rings is 3. The van der Waals surface area contributed by atoms with Crippen LogP contribution in [0.25, 0.3) is 0 Å². The lowest BCUT2D eigenvalue weighted by molar-refractivity contribution is -0.139. The second-order valence-corrected chi connectivity index (χ2v) is 11.2. The molecular weight excluding hydrogens is 514 g/mol. The maximum atomic E-state index is 13.9. The number of hydrogen-bond donors (Lipinski definition) is 1. The highest BCUT2D eigenvalue weighted by atomic mass is 32.2. The molecule has 0 bridgehead atoms. The third-order valence-corrected chi connectivity index (χ3v) is 8.20. The molecule has 0 radical (unpaired) electrons. The molecule has 0 saturated carbocycles. The van der Waals surface area contributed by atoms with Crippen molar-refractivity contribution in [3.8, 4) is 5.75 Å². The average Bonchev–Trinajstić information content (AvgIpc) is 2.95. The molecule has 0 aliphatic carbocycles. The first-order valence-corrected chi connectivity index (χ1v) is 14.5. The van der Waals surface area contributed by atoms with Gasteiger partial charge >= 0.3 is 0 Å². The van der Waals surface area contributed by atoms with Gasteiger partial charge in [0.1, 0.15) is 18.3 Å². The van der Waals surface area contributed by atoms with Crippen molar-refractivity contribution in [1.29, 1.82) is 0 Å². The van der Waals surface area contributed by atoms with E-state index >= 15 is 0 Å². The maximum Gasteiger partial charge on any atom is 0.264 e. The van der Waals surface area contributed by atoms with Gasteiger partial charge in [-0.2, -0.15) is 0 Å². The fourth-order valence-corrected chi connectivity index (χ4v) is 5.46. The summed E-state index contributed by atoms with van der Waals surface area (Å²) in [5.74, 6) is -0.185. The van der Waals surface area contributed by atoms with Crippen LogP contribution in [0.5, 0.6) is 5.75 Å². The topological polar surface area (TPSA) is 96.0 Å². The fourth-order valence-electron chi connectivity index (χ4n) is 4.05. The minimum atomic E-state index is -4.08. The quantitative estimate of drug-likeness (QED) is 0.315. The zero-order valence-corrected chi connectivity index (χ0v) is 23.8. The highest BCUT2D eigenvalue weighted by Crippen LogP contribution is 2.25. The van der Waals surface area contributed by atoms with Gasteiger partial charge in [-0.05, 0) is 62.2 Å². The zero-order chi connectivity index (χ0) is 28.4. The minimum Gasteiger partial charge on any atom is -0.497 e. The second-order valence-electron chi connectivity index (χ2n) is 9.35. The Morgan fingerprint density at radius 3 is 2.31 bits per heavy atom. The van der Waals surface area contributed by atoms with E-state index in [1.807, 2.05) is 19.9 Å². The van der Waals surface area contributed by atoms with Crippen LogP contribution in [0.3, 0.4) is 0 Å². The molecule has 208 valence electrons. The lowest BCUT2D eigenvalue weighted by Gasteiger charge is -2.32. The van der Waals surface area contributed by atoms with E-state index in [-0.39, 0.29) is 17.3 Å². The molecule has 3 rings (SSSR count). The van der Waals surface area contributed by atoms with E-state index in [2.05, 4.69) is 5.32 Å². The largest absolute Gasteiger partial charge is 0.497 e. The van der Waals surface area contributed by atoms with Crippen molar-refractivity contribution in [2.24, 2.45) is 0 Å². The number of hydrogen-bond acceptors (Lipinski definition) is 5. The van der Waals surface area contributed by atoms with Gasteiger partial charge in [0.15, 0.2) is 0 Å². The first-order valence-electron chi connectivity index (χ1n) is 13.0. The Morgan fingerprint density at radius 1 is 0.974 bits per heavy atom. The van der Waals surface area contributed by atoms with Gasteiger partial charge in [0.2, 0.25) is 11.8 Å². The number of unbranched alkanes of at least 4 members (excludes halogenated alkanes) is 1. The van der Waals surface area contributed by atoms with Crippen LogP contribution in [-0.4, -0.2) is 51.4 Å². The molecule has 39 heavy (non-hydrogen) atoms. The maximum absolute atomic E-state index is 13.9. The van der Waals surface area contributed by atoms with E-state index in [4.69, 9.17) is 4.74 Å². The van der Waals surface area contributed by atoms with Gasteiger partial charge in [0, 0.05) is 13.1 Å². The Hall–Kier alpha value is -3.85. The molecule has 0 spiro atoms. The van der Waals surface area contributed by atoms with Gasteiger partial charge < -0.3 is 15.0 Å². The van der Waals surface area contributed by atoms with Crippen LogP contribution >= 0.6 is 0 Å². The van der Waals surface area contributed by atoms with Gasteiger partial charge in [0.25, 0.3) is 10.0 Å². The van der Waals surface area contributed by atoms with E-state index in [0.29, 0.717) is 18.0 Å². The monoisotopic (exact) mass is 551 g/mol. The number of anilines is 1. The summed E-state index contributed by atoms with van der Waals surface area (Å²) in [5, 5.41) is 2.88. The number of para-hydroxylation sites is 1. The summed E-state index contributed by atoms with van der Waals surface area (Å²) in [5.41, 5.74) is 2.03. The Labute approximate surface area is 231 Å². The predicted octanol–water partition coefficient (Wildman–Crippen LogP) is 4.53. The minimum absolute atomic E-state index is 0.0782. The SMILES string of the molecule is CCCCNC(=O)C(C)N(Cc1cccc(OC)c1)C(=O)CN(c1ccccc1)S(=O)(=O)c1ccc(C)cc1. The highest BCUT2D eigenvalue weighted by Gasteiger charge is 2.32. The van der Waals surface area contributed by atoms with Crippen LogP contribution in [0.2, 0.25) is 0 Å². The van der Waals surface area contributed by atoms with E-state index < -0.39 is 28.5 Å². The Morgan fingerprint density at radius 2 is 1.67 bits per heavy atom. The molecule has 1 unspecified atom stereocenters. The van der Waals surface area contributed by atoms with Crippen LogP contribution in [0, 0.1) is 6.92 Å². The second kappa shape index (κ2) is 13.8. The number of amides is 2. The standard InChI is InChI=1S/C30H37N3O5S/c1-5-6-19-31-30(35)24(3)32(21-25-11-10-14-27(20-25)38-4)29(34)22-33(26-12-8-7-9-13-26)39(36,37)28-17-15-23(2)16-18-28/h7-18,20,24H,5-6,19,21-22H2,1-4H3,(H,31,35). The van der Waals surface area contributed by atoms with Crippen LogP contribution in [-0.2, 0) is 26.2 Å². The van der Waals surface area contributed by atoms with E-state index in [9.17, 15) is 18.0 Å². The summed E-state index contributed by atoms with van der Waals surface area (Å²) in [7, 11) is -2.53. The molecular formula is C30H37N3O5S. The predicted molar refractivity (Wildman–Crippen MR) is 153 cm³/mol. The van der Waals surface area contributed by atoms with Crippen molar-refractivity contribution in [2.75, 3.05) is 24.5 Å². The van der Waals surface area contributed by atoms with Crippen molar-refractivity contribution in [1.82, 2.24) is 10.2 Å². The normalized spacial score (nSPS) is 11.9. The molecule has 1 N–H and O–H groups in total. The number of carbonyl (C=O) groups excluding carboxylic acids is 2. The number of sulfonamides is 1. The molecule has 0 aliphatic rings.